The third-order valence-corrected chi connectivity index (χ3v) is 5.92. The number of pyridine rings is 1. The molecule has 0 spiro atoms. The number of aromatic nitrogens is 1. The Morgan fingerprint density at radius 1 is 1.07 bits per heavy atom. The predicted octanol–water partition coefficient (Wildman–Crippen LogP) is 4.58. The molecule has 1 unspecified atom stereocenters. The summed E-state index contributed by atoms with van der Waals surface area (Å²) in [5.41, 5.74) is 3.17. The molecule has 1 aliphatic rings. The first-order chi connectivity index (χ1) is 14.6. The van der Waals surface area contributed by atoms with Crippen molar-refractivity contribution in [3.63, 3.8) is 0 Å². The van der Waals surface area contributed by atoms with Crippen molar-refractivity contribution in [1.29, 1.82) is 0 Å². The number of rotatable bonds is 6. The van der Waals surface area contributed by atoms with E-state index < -0.39 is 0 Å². The number of carbonyl (C=O) groups is 1. The van der Waals surface area contributed by atoms with E-state index in [4.69, 9.17) is 14.2 Å². The van der Waals surface area contributed by atoms with Gasteiger partial charge in [0.1, 0.15) is 5.37 Å². The monoisotopic (exact) mass is 423 g/mol. The average Bonchev–Trinajstić information content (AvgIpc) is 3.22. The minimum absolute atomic E-state index is 0.0576. The van der Waals surface area contributed by atoms with Crippen molar-refractivity contribution in [2.24, 2.45) is 0 Å². The summed E-state index contributed by atoms with van der Waals surface area (Å²) >= 11 is 1.72. The van der Waals surface area contributed by atoms with Gasteiger partial charge in [-0.2, -0.15) is 0 Å². The van der Waals surface area contributed by atoms with Gasteiger partial charge in [-0.05, 0) is 35.9 Å². The summed E-state index contributed by atoms with van der Waals surface area (Å²) in [7, 11) is 4.56. The van der Waals surface area contributed by atoms with Crippen LogP contribution in [-0.4, -0.2) is 32.2 Å². The van der Waals surface area contributed by atoms with Gasteiger partial charge in [-0.15, -0.1) is 0 Å². The fraction of sp³-hybridized carbons (Fsp3) is 0.182. The number of thioether (sulfide) groups is 1. The second kappa shape index (κ2) is 8.54. The second-order valence-electron chi connectivity index (χ2n) is 6.51. The Kier molecular flexibility index (Phi) is 5.67. The minimum atomic E-state index is -0.272. The van der Waals surface area contributed by atoms with Crippen LogP contribution in [0.4, 0.5) is 11.4 Å². The summed E-state index contributed by atoms with van der Waals surface area (Å²) in [6.07, 6.45) is 3.60. The number of anilines is 2. The number of amides is 1. The fourth-order valence-corrected chi connectivity index (χ4v) is 4.34. The molecule has 0 radical (unpaired) electrons. The van der Waals surface area contributed by atoms with Crippen LogP contribution in [0.3, 0.4) is 0 Å². The van der Waals surface area contributed by atoms with Crippen molar-refractivity contribution in [3.8, 4) is 17.2 Å². The molecule has 2 N–H and O–H groups in total. The molecule has 0 bridgehead atoms. The molecule has 154 valence electrons. The van der Waals surface area contributed by atoms with Crippen LogP contribution < -0.4 is 24.8 Å². The summed E-state index contributed by atoms with van der Waals surface area (Å²) in [5.74, 6) is 1.02. The molecule has 4 rings (SSSR count). The number of carbonyl (C=O) groups excluding carboxylic acids is 1. The largest absolute Gasteiger partial charge is 0.493 e. The third kappa shape index (κ3) is 3.86. The molecule has 2 aromatic carbocycles. The number of fused-ring (bicyclic) bond motifs is 1. The van der Waals surface area contributed by atoms with Gasteiger partial charge in [0.05, 0.1) is 33.2 Å². The van der Waals surface area contributed by atoms with Crippen molar-refractivity contribution < 1.29 is 19.0 Å². The highest BCUT2D eigenvalue weighted by Crippen LogP contribution is 2.46. The van der Waals surface area contributed by atoms with E-state index in [1.807, 2.05) is 36.5 Å². The molecule has 8 heteroatoms. The number of ether oxygens (including phenoxy) is 3. The van der Waals surface area contributed by atoms with Gasteiger partial charge < -0.3 is 24.8 Å². The maximum atomic E-state index is 12.9. The second-order valence-corrected chi connectivity index (χ2v) is 7.65. The van der Waals surface area contributed by atoms with Crippen LogP contribution in [0.5, 0.6) is 17.2 Å². The first kappa shape index (κ1) is 19.9. The molecule has 2 heterocycles. The van der Waals surface area contributed by atoms with Gasteiger partial charge in [-0.25, -0.2) is 0 Å². The van der Waals surface area contributed by atoms with E-state index in [1.165, 1.54) is 21.3 Å². The lowest BCUT2D eigenvalue weighted by atomic mass is 10.1. The SMILES string of the molecule is COc1cc(C(=O)Nc2cccc(C3Nc4cnccc4S3)c2)cc(OC)c1OC. The molecule has 0 saturated carbocycles. The molecule has 0 saturated heterocycles. The number of benzene rings is 2. The van der Waals surface area contributed by atoms with Crippen molar-refractivity contribution in [2.45, 2.75) is 10.3 Å². The van der Waals surface area contributed by atoms with Crippen molar-refractivity contribution in [2.75, 3.05) is 32.0 Å². The van der Waals surface area contributed by atoms with Crippen molar-refractivity contribution in [3.05, 3.63) is 66.0 Å². The van der Waals surface area contributed by atoms with Crippen LogP contribution in [-0.2, 0) is 0 Å². The highest BCUT2D eigenvalue weighted by atomic mass is 32.2. The summed E-state index contributed by atoms with van der Waals surface area (Å²) in [6, 6.07) is 13.0. The van der Waals surface area contributed by atoms with E-state index in [-0.39, 0.29) is 11.3 Å². The van der Waals surface area contributed by atoms with E-state index in [2.05, 4.69) is 15.6 Å². The molecule has 0 fully saturated rings. The molecular formula is C22H21N3O4S. The highest BCUT2D eigenvalue weighted by Gasteiger charge is 2.23. The molecule has 0 aliphatic carbocycles. The fourth-order valence-electron chi connectivity index (χ4n) is 3.24. The van der Waals surface area contributed by atoms with E-state index in [9.17, 15) is 4.79 Å². The number of methoxy groups -OCH3 is 3. The Morgan fingerprint density at radius 3 is 2.50 bits per heavy atom. The number of nitrogens with one attached hydrogen (secondary N) is 2. The van der Waals surface area contributed by atoms with Gasteiger partial charge in [0, 0.05) is 22.3 Å². The maximum absolute atomic E-state index is 12.9. The van der Waals surface area contributed by atoms with Crippen LogP contribution in [0.15, 0.2) is 59.8 Å². The molecule has 1 aliphatic heterocycles. The predicted molar refractivity (Wildman–Crippen MR) is 117 cm³/mol. The summed E-state index contributed by atoms with van der Waals surface area (Å²) in [5, 5.41) is 6.45. The van der Waals surface area contributed by atoms with Gasteiger partial charge in [-0.3, -0.25) is 9.78 Å². The van der Waals surface area contributed by atoms with E-state index in [1.54, 1.807) is 30.1 Å². The van der Waals surface area contributed by atoms with Gasteiger partial charge in [0.2, 0.25) is 5.75 Å². The molecule has 3 aromatic rings. The zero-order chi connectivity index (χ0) is 21.1. The lowest BCUT2D eigenvalue weighted by Gasteiger charge is -2.15. The third-order valence-electron chi connectivity index (χ3n) is 4.69. The van der Waals surface area contributed by atoms with Crippen LogP contribution >= 0.6 is 11.8 Å². The Balaban J connectivity index is 1.54. The van der Waals surface area contributed by atoms with E-state index >= 15 is 0 Å². The normalized spacial score (nSPS) is 14.4. The van der Waals surface area contributed by atoms with Crippen LogP contribution in [0.1, 0.15) is 21.3 Å². The topological polar surface area (TPSA) is 81.7 Å². The molecule has 30 heavy (non-hydrogen) atoms. The standard InChI is InChI=1S/C22H21N3O4S/c1-27-17-10-14(11-18(28-2)20(17)29-3)21(26)24-15-6-4-5-13(9-15)22-25-16-12-23-8-7-19(16)30-22/h4-12,22,25H,1-3H3,(H,24,26). The first-order valence-corrected chi connectivity index (χ1v) is 10.1. The molecule has 1 aromatic heterocycles. The lowest BCUT2D eigenvalue weighted by Crippen LogP contribution is -2.13. The molecular weight excluding hydrogens is 402 g/mol. The quantitative estimate of drug-likeness (QED) is 0.601. The Labute approximate surface area is 178 Å². The summed E-state index contributed by atoms with van der Waals surface area (Å²) in [4.78, 5) is 18.2. The zero-order valence-electron chi connectivity index (χ0n) is 16.8. The average molecular weight is 423 g/mol. The van der Waals surface area contributed by atoms with Crippen molar-refractivity contribution in [1.82, 2.24) is 4.98 Å². The highest BCUT2D eigenvalue weighted by molar-refractivity contribution is 8.00. The number of nitrogens with zero attached hydrogens (tertiary/aromatic N) is 1. The molecule has 1 atom stereocenters. The van der Waals surface area contributed by atoms with Gasteiger partial charge >= 0.3 is 0 Å². The maximum Gasteiger partial charge on any atom is 0.255 e. The van der Waals surface area contributed by atoms with E-state index in [0.717, 1.165) is 16.1 Å². The van der Waals surface area contributed by atoms with Crippen LogP contribution in [0, 0.1) is 0 Å². The van der Waals surface area contributed by atoms with Gasteiger partial charge in [-0.1, -0.05) is 23.9 Å². The zero-order valence-corrected chi connectivity index (χ0v) is 17.6. The Hall–Kier alpha value is -3.39. The van der Waals surface area contributed by atoms with Gasteiger partial charge in [0.25, 0.3) is 5.91 Å². The first-order valence-electron chi connectivity index (χ1n) is 9.21. The number of hydrogen-bond acceptors (Lipinski definition) is 7. The van der Waals surface area contributed by atoms with E-state index in [0.29, 0.717) is 28.5 Å². The summed E-state index contributed by atoms with van der Waals surface area (Å²) < 4.78 is 16.0. The summed E-state index contributed by atoms with van der Waals surface area (Å²) in [6.45, 7) is 0. The lowest BCUT2D eigenvalue weighted by molar-refractivity contribution is 0.102. The van der Waals surface area contributed by atoms with Crippen LogP contribution in [0.25, 0.3) is 0 Å². The number of hydrogen-bond donors (Lipinski definition) is 2. The van der Waals surface area contributed by atoms with Crippen LogP contribution in [0.2, 0.25) is 0 Å². The van der Waals surface area contributed by atoms with Crippen molar-refractivity contribution >= 4 is 29.0 Å². The smallest absolute Gasteiger partial charge is 0.255 e. The Bertz CT molecular complexity index is 1040. The molecule has 1 amide bonds. The minimum Gasteiger partial charge on any atom is -0.493 e. The van der Waals surface area contributed by atoms with Gasteiger partial charge in [0.15, 0.2) is 11.5 Å². The Morgan fingerprint density at radius 2 is 1.83 bits per heavy atom. The molecule has 7 nitrogen and oxygen atoms in total.